The fourth-order valence-electron chi connectivity index (χ4n) is 4.28. The number of hydrogen-bond acceptors (Lipinski definition) is 7. The van der Waals surface area contributed by atoms with Gasteiger partial charge in [0.15, 0.2) is 0 Å². The van der Waals surface area contributed by atoms with Crippen molar-refractivity contribution in [2.24, 2.45) is 20.4 Å². The summed E-state index contributed by atoms with van der Waals surface area (Å²) < 4.78 is 0. The van der Waals surface area contributed by atoms with E-state index in [1.807, 2.05) is 30.3 Å². The molecule has 0 saturated heterocycles. The van der Waals surface area contributed by atoms with Gasteiger partial charge in [0.1, 0.15) is 35.2 Å². The monoisotopic (exact) mass is 738 g/mol. The van der Waals surface area contributed by atoms with E-state index >= 15 is 0 Å². The van der Waals surface area contributed by atoms with E-state index < -0.39 is 7.26 Å². The molecule has 0 aliphatic heterocycles. The quantitative estimate of drug-likeness (QED) is 0.0452. The summed E-state index contributed by atoms with van der Waals surface area (Å²) in [6.07, 6.45) is 0.576. The van der Waals surface area contributed by atoms with Crippen LogP contribution >= 0.6 is 7.26 Å². The van der Waals surface area contributed by atoms with Crippen molar-refractivity contribution in [3.8, 4) is 0 Å². The number of anilines is 1. The molecule has 7 nitrogen and oxygen atoms in total. The van der Waals surface area contributed by atoms with Crippen molar-refractivity contribution in [3.63, 3.8) is 0 Å². The van der Waals surface area contributed by atoms with Gasteiger partial charge < -0.3 is 58.6 Å². The van der Waals surface area contributed by atoms with Crippen molar-refractivity contribution in [1.82, 2.24) is 10.6 Å². The molecule has 1 radical (unpaired) electrons. The topological polar surface area (TPSA) is 99.5 Å². The van der Waals surface area contributed by atoms with Gasteiger partial charge >= 0.3 is 17.1 Å². The van der Waals surface area contributed by atoms with E-state index in [-0.39, 0.29) is 44.4 Å². The van der Waals surface area contributed by atoms with Crippen LogP contribution in [0, 0.1) is 0 Å². The molecule has 0 saturated carbocycles. The molecule has 0 spiro atoms. The second-order valence-electron chi connectivity index (χ2n) is 8.97. The molecule has 0 aromatic heterocycles. The van der Waals surface area contributed by atoms with E-state index in [1.54, 1.807) is 26.1 Å². The number of nitrogens with zero attached hydrogens (tertiary/aromatic N) is 4. The van der Waals surface area contributed by atoms with E-state index in [0.29, 0.717) is 23.4 Å². The minimum absolute atomic E-state index is 0. The Morgan fingerprint density at radius 2 is 1.12 bits per heavy atom. The first kappa shape index (κ1) is 36.0. The predicted octanol–water partition coefficient (Wildman–Crippen LogP) is 0.917. The summed E-state index contributed by atoms with van der Waals surface area (Å²) in [5.41, 5.74) is 8.33. The fourth-order valence-corrected chi connectivity index (χ4v) is 8.42. The summed E-state index contributed by atoms with van der Waals surface area (Å²) in [5, 5.41) is 27.6. The van der Waals surface area contributed by atoms with Gasteiger partial charge in [-0.25, -0.2) is 0 Å². The number of halogens is 1. The third kappa shape index (κ3) is 9.41. The molecule has 0 bridgehead atoms. The average molecular weight is 740 g/mol. The van der Waals surface area contributed by atoms with Gasteiger partial charge in [-0.3, -0.25) is 0 Å². The van der Waals surface area contributed by atoms with Crippen LogP contribution in [0.4, 0.5) is 5.69 Å². The number of rotatable bonds is 9. The minimum atomic E-state index is -2.13. The van der Waals surface area contributed by atoms with E-state index in [2.05, 4.69) is 104 Å². The molecule has 0 aliphatic carbocycles. The first-order valence-corrected chi connectivity index (χ1v) is 15.7. The summed E-state index contributed by atoms with van der Waals surface area (Å²) >= 11 is 10.8. The summed E-state index contributed by atoms with van der Waals surface area (Å²) in [7, 11) is -0.442. The number of nitrogen functional groups attached to an aromatic ring is 1. The third-order valence-electron chi connectivity index (χ3n) is 6.33. The Bertz CT molecular complexity index is 1460. The standard InChI is InChI=1S/C31H32N7PS2.BrH.Cu/c1-23(29(36-37-30(40)33-2)24-18-20-25(32)21-19-24)35-38-31(41)34-22-39(26-12-6-3-7-13-26,27-14-8-4-9-15-27)28-16-10-5-11-17-28;;/h3-21H,22H2,1-2H3,(H5-,32,33,34,35,36,37,38,40,41);1H;/q;;+2/p-2. The van der Waals surface area contributed by atoms with E-state index in [4.69, 9.17) is 31.0 Å². The molecule has 4 aromatic carbocycles. The van der Waals surface area contributed by atoms with Gasteiger partial charge in [0.05, 0.1) is 5.71 Å². The molecule has 0 heterocycles. The maximum absolute atomic E-state index is 5.87. The van der Waals surface area contributed by atoms with Crippen LogP contribution in [0.25, 0.3) is 0 Å². The second kappa shape index (κ2) is 17.8. The molecule has 225 valence electrons. The molecule has 0 aliphatic rings. The van der Waals surface area contributed by atoms with Crippen LogP contribution < -0.4 is 49.3 Å². The average Bonchev–Trinajstić information content (AvgIpc) is 3.02. The zero-order valence-electron chi connectivity index (χ0n) is 23.5. The molecule has 43 heavy (non-hydrogen) atoms. The normalized spacial score (nSPS) is 12.5. The maximum Gasteiger partial charge on any atom is 2.00 e. The molecule has 4 N–H and O–H groups in total. The number of nitrogens with two attached hydrogens (primary N) is 1. The second-order valence-corrected chi connectivity index (χ2v) is 13.2. The number of benzene rings is 4. The smallest absolute Gasteiger partial charge is 1.00 e. The number of amidine groups is 2. The summed E-state index contributed by atoms with van der Waals surface area (Å²) in [5.74, 6) is 0. The van der Waals surface area contributed by atoms with Crippen LogP contribution in [-0.4, -0.2) is 35.1 Å². The molecule has 0 unspecified atom stereocenters. The van der Waals surface area contributed by atoms with Gasteiger partial charge in [0.25, 0.3) is 0 Å². The zero-order chi connectivity index (χ0) is 29.1. The van der Waals surface area contributed by atoms with Crippen LogP contribution in [0.15, 0.2) is 136 Å². The van der Waals surface area contributed by atoms with Crippen molar-refractivity contribution in [2.75, 3.05) is 19.1 Å². The number of nitrogens with one attached hydrogen (secondary N) is 2. The van der Waals surface area contributed by atoms with Crippen molar-refractivity contribution in [3.05, 3.63) is 121 Å². The predicted molar refractivity (Wildman–Crippen MR) is 182 cm³/mol. The largest absolute Gasteiger partial charge is 2.00 e. The van der Waals surface area contributed by atoms with Crippen LogP contribution in [0.5, 0.6) is 0 Å². The Hall–Kier alpha value is -3.17. The zero-order valence-corrected chi connectivity index (χ0v) is 28.5. The van der Waals surface area contributed by atoms with Gasteiger partial charge in [-0.15, -0.1) is 5.10 Å². The first-order chi connectivity index (χ1) is 19.9. The fraction of sp³-hybridized carbons (Fsp3) is 0.0968. The van der Waals surface area contributed by atoms with Gasteiger partial charge in [-0.1, -0.05) is 66.7 Å². The molecule has 4 rings (SSSR count). The van der Waals surface area contributed by atoms with Crippen molar-refractivity contribution in [1.29, 1.82) is 0 Å². The van der Waals surface area contributed by atoms with Crippen molar-refractivity contribution in [2.45, 2.75) is 6.92 Å². The molecule has 0 amide bonds. The summed E-state index contributed by atoms with van der Waals surface area (Å²) in [6.45, 7) is 1.80. The van der Waals surface area contributed by atoms with Gasteiger partial charge in [0, 0.05) is 23.5 Å². The van der Waals surface area contributed by atoms with Crippen LogP contribution in [-0.2, 0) is 42.3 Å². The van der Waals surface area contributed by atoms with Crippen LogP contribution in [0.1, 0.15) is 12.5 Å². The van der Waals surface area contributed by atoms with Crippen LogP contribution in [0.3, 0.4) is 0 Å². The summed E-state index contributed by atoms with van der Waals surface area (Å²) in [6, 6.07) is 39.0. The number of hydrogen-bond donors (Lipinski definition) is 3. The molecular formula is C31H31BrCuN7PS2. The van der Waals surface area contributed by atoms with Gasteiger partial charge in [-0.2, -0.15) is 15.3 Å². The minimum Gasteiger partial charge on any atom is -1.00 e. The first-order valence-electron chi connectivity index (χ1n) is 12.9. The van der Waals surface area contributed by atoms with Gasteiger partial charge in [0.2, 0.25) is 0 Å². The Kier molecular flexibility index (Phi) is 14.9. The molecule has 4 aromatic rings. The Morgan fingerprint density at radius 3 is 1.56 bits per heavy atom. The van der Waals surface area contributed by atoms with E-state index in [0.717, 1.165) is 5.56 Å². The Balaban J connectivity index is 0.00000323. The molecular weight excluding hydrogens is 709 g/mol. The SMILES string of the molecule is CNC([S-])=NN=C(C(C)=NN=C([S-])NC[P+](c1ccccc1)(c1ccccc1)c1ccccc1)c1ccc(N)cc1.[Br-].[Cu+2]. The molecule has 0 fully saturated rings. The maximum atomic E-state index is 5.87. The Morgan fingerprint density at radius 1 is 0.674 bits per heavy atom. The Labute approximate surface area is 286 Å². The molecule has 0 atom stereocenters. The van der Waals surface area contributed by atoms with Crippen LogP contribution in [0.2, 0.25) is 0 Å². The van der Waals surface area contributed by atoms with E-state index in [1.165, 1.54) is 15.9 Å². The van der Waals surface area contributed by atoms with Crippen molar-refractivity contribution >= 4 is 75.9 Å². The van der Waals surface area contributed by atoms with Crippen molar-refractivity contribution < 1.29 is 34.1 Å². The van der Waals surface area contributed by atoms with Gasteiger partial charge in [-0.05, 0) is 60.6 Å². The van der Waals surface area contributed by atoms with E-state index in [9.17, 15) is 0 Å². The third-order valence-corrected chi connectivity index (χ3v) is 11.0. The molecule has 12 heteroatoms. The summed E-state index contributed by atoms with van der Waals surface area (Å²) in [4.78, 5) is 0.